The van der Waals surface area contributed by atoms with Gasteiger partial charge in [0.05, 0.1) is 12.9 Å². The van der Waals surface area contributed by atoms with Gasteiger partial charge in [-0.25, -0.2) is 0 Å². The summed E-state index contributed by atoms with van der Waals surface area (Å²) in [6, 6.07) is 0. The summed E-state index contributed by atoms with van der Waals surface area (Å²) in [5, 5.41) is 2.74. The van der Waals surface area contributed by atoms with Crippen molar-refractivity contribution in [2.75, 3.05) is 19.5 Å². The lowest BCUT2D eigenvalue weighted by Crippen LogP contribution is -2.25. The van der Waals surface area contributed by atoms with Crippen LogP contribution >= 0.6 is 11.6 Å². The molecule has 0 spiro atoms. The highest BCUT2D eigenvalue weighted by atomic mass is 35.5. The van der Waals surface area contributed by atoms with Crippen LogP contribution in [0.25, 0.3) is 0 Å². The van der Waals surface area contributed by atoms with Crippen molar-refractivity contribution in [3.05, 3.63) is 23.5 Å². The van der Waals surface area contributed by atoms with Crippen molar-refractivity contribution in [3.63, 3.8) is 0 Å². The average Bonchev–Trinajstić information content (AvgIpc) is 2.29. The monoisotopic (exact) mass is 229 g/mol. The number of methoxy groups -OCH3 is 1. The second-order valence-electron chi connectivity index (χ2n) is 3.38. The SMILES string of the molecule is COC1=CCC(CCNC(=O)CCl)=CC1. The number of allylic oxidation sites excluding steroid dienone is 2. The van der Waals surface area contributed by atoms with Crippen molar-refractivity contribution in [1.29, 1.82) is 0 Å². The first-order chi connectivity index (χ1) is 7.26. The average molecular weight is 230 g/mol. The van der Waals surface area contributed by atoms with Crippen LogP contribution in [0, 0.1) is 0 Å². The molecule has 1 aliphatic rings. The zero-order chi connectivity index (χ0) is 11.1. The van der Waals surface area contributed by atoms with Crippen LogP contribution in [-0.2, 0) is 9.53 Å². The first-order valence-electron chi connectivity index (χ1n) is 5.00. The van der Waals surface area contributed by atoms with E-state index in [-0.39, 0.29) is 11.8 Å². The molecule has 0 unspecified atom stereocenters. The second kappa shape index (κ2) is 6.51. The smallest absolute Gasteiger partial charge is 0.234 e. The van der Waals surface area contributed by atoms with Gasteiger partial charge in [0, 0.05) is 13.0 Å². The minimum absolute atomic E-state index is 0.0345. The highest BCUT2D eigenvalue weighted by molar-refractivity contribution is 6.27. The van der Waals surface area contributed by atoms with Crippen molar-refractivity contribution < 1.29 is 9.53 Å². The minimum Gasteiger partial charge on any atom is -0.501 e. The molecule has 0 aromatic carbocycles. The molecule has 0 aromatic heterocycles. The number of halogens is 1. The highest BCUT2D eigenvalue weighted by Crippen LogP contribution is 2.19. The fourth-order valence-corrected chi connectivity index (χ4v) is 1.53. The highest BCUT2D eigenvalue weighted by Gasteiger charge is 2.05. The third-order valence-electron chi connectivity index (χ3n) is 2.34. The summed E-state index contributed by atoms with van der Waals surface area (Å²) in [7, 11) is 1.69. The number of hydrogen-bond acceptors (Lipinski definition) is 2. The molecule has 0 radical (unpaired) electrons. The first kappa shape index (κ1) is 12.1. The predicted molar refractivity (Wildman–Crippen MR) is 60.8 cm³/mol. The summed E-state index contributed by atoms with van der Waals surface area (Å²) < 4.78 is 5.13. The zero-order valence-electron chi connectivity index (χ0n) is 8.88. The Balaban J connectivity index is 2.19. The molecule has 3 nitrogen and oxygen atoms in total. The largest absolute Gasteiger partial charge is 0.501 e. The standard InChI is InChI=1S/C11H16ClNO2/c1-15-10-4-2-9(3-5-10)6-7-13-11(14)8-12/h2,5H,3-4,6-8H2,1H3,(H,13,14). The van der Waals surface area contributed by atoms with Gasteiger partial charge in [0.25, 0.3) is 0 Å². The van der Waals surface area contributed by atoms with Crippen LogP contribution < -0.4 is 5.32 Å². The van der Waals surface area contributed by atoms with Crippen LogP contribution in [-0.4, -0.2) is 25.4 Å². The predicted octanol–water partition coefficient (Wildman–Crippen LogP) is 1.98. The lowest BCUT2D eigenvalue weighted by atomic mass is 10.0. The third kappa shape index (κ3) is 4.38. The Kier molecular flexibility index (Phi) is 5.26. The number of hydrogen-bond donors (Lipinski definition) is 1. The summed E-state index contributed by atoms with van der Waals surface area (Å²) in [6.07, 6.45) is 6.90. The molecule has 0 atom stereocenters. The van der Waals surface area contributed by atoms with E-state index in [4.69, 9.17) is 16.3 Å². The Hall–Kier alpha value is -0.960. The molecule has 1 aliphatic carbocycles. The molecule has 0 saturated heterocycles. The Bertz CT molecular complexity index is 284. The van der Waals surface area contributed by atoms with Gasteiger partial charge in [0.2, 0.25) is 5.91 Å². The maximum Gasteiger partial charge on any atom is 0.234 e. The summed E-state index contributed by atoms with van der Waals surface area (Å²) in [6.45, 7) is 0.660. The van der Waals surface area contributed by atoms with Crippen LogP contribution in [0.15, 0.2) is 23.5 Å². The number of nitrogens with one attached hydrogen (secondary N) is 1. The molecular weight excluding hydrogens is 214 g/mol. The van der Waals surface area contributed by atoms with Crippen molar-refractivity contribution in [3.8, 4) is 0 Å². The third-order valence-corrected chi connectivity index (χ3v) is 2.58. The summed E-state index contributed by atoms with van der Waals surface area (Å²) in [5.74, 6) is 0.942. The fraction of sp³-hybridized carbons (Fsp3) is 0.545. The number of rotatable bonds is 5. The summed E-state index contributed by atoms with van der Waals surface area (Å²) >= 11 is 5.36. The summed E-state index contributed by atoms with van der Waals surface area (Å²) in [4.78, 5) is 10.9. The molecule has 0 bridgehead atoms. The summed E-state index contributed by atoms with van der Waals surface area (Å²) in [5.41, 5.74) is 1.34. The van der Waals surface area contributed by atoms with Gasteiger partial charge in [0.15, 0.2) is 0 Å². The van der Waals surface area contributed by atoms with E-state index in [1.807, 2.05) is 0 Å². The number of carbonyl (C=O) groups is 1. The molecule has 0 fully saturated rings. The van der Waals surface area contributed by atoms with Crippen LogP contribution in [0.1, 0.15) is 19.3 Å². The van der Waals surface area contributed by atoms with Gasteiger partial charge >= 0.3 is 0 Å². The number of carbonyl (C=O) groups excluding carboxylic acids is 1. The Morgan fingerprint density at radius 2 is 2.33 bits per heavy atom. The Morgan fingerprint density at radius 3 is 2.87 bits per heavy atom. The quantitative estimate of drug-likeness (QED) is 0.578. The van der Waals surface area contributed by atoms with E-state index in [0.717, 1.165) is 25.0 Å². The van der Waals surface area contributed by atoms with Gasteiger partial charge in [0.1, 0.15) is 5.88 Å². The molecule has 0 heterocycles. The molecule has 0 saturated carbocycles. The van der Waals surface area contributed by atoms with Gasteiger partial charge in [-0.05, 0) is 18.9 Å². The van der Waals surface area contributed by atoms with Gasteiger partial charge in [-0.3, -0.25) is 4.79 Å². The molecule has 15 heavy (non-hydrogen) atoms. The van der Waals surface area contributed by atoms with E-state index in [1.54, 1.807) is 7.11 Å². The van der Waals surface area contributed by atoms with Crippen molar-refractivity contribution in [1.82, 2.24) is 5.32 Å². The molecule has 1 rings (SSSR count). The van der Waals surface area contributed by atoms with E-state index >= 15 is 0 Å². The van der Waals surface area contributed by atoms with E-state index in [2.05, 4.69) is 17.5 Å². The maximum atomic E-state index is 10.9. The van der Waals surface area contributed by atoms with E-state index in [9.17, 15) is 4.79 Å². The van der Waals surface area contributed by atoms with Gasteiger partial charge in [-0.15, -0.1) is 11.6 Å². The van der Waals surface area contributed by atoms with Crippen LogP contribution in [0.5, 0.6) is 0 Å². The topological polar surface area (TPSA) is 38.3 Å². The maximum absolute atomic E-state index is 10.9. The molecule has 0 aliphatic heterocycles. The van der Waals surface area contributed by atoms with Crippen LogP contribution in [0.4, 0.5) is 0 Å². The minimum atomic E-state index is -0.110. The second-order valence-corrected chi connectivity index (χ2v) is 3.65. The molecule has 1 N–H and O–H groups in total. The Labute approximate surface area is 95.1 Å². The lowest BCUT2D eigenvalue weighted by Gasteiger charge is -2.13. The van der Waals surface area contributed by atoms with E-state index < -0.39 is 0 Å². The molecule has 84 valence electrons. The molecule has 0 aromatic rings. The molecule has 4 heteroatoms. The Morgan fingerprint density at radius 1 is 1.53 bits per heavy atom. The first-order valence-corrected chi connectivity index (χ1v) is 5.53. The van der Waals surface area contributed by atoms with E-state index in [1.165, 1.54) is 5.57 Å². The van der Waals surface area contributed by atoms with Crippen LogP contribution in [0.3, 0.4) is 0 Å². The van der Waals surface area contributed by atoms with Crippen molar-refractivity contribution >= 4 is 17.5 Å². The molecule has 1 amide bonds. The van der Waals surface area contributed by atoms with Gasteiger partial charge < -0.3 is 10.1 Å². The van der Waals surface area contributed by atoms with Crippen molar-refractivity contribution in [2.24, 2.45) is 0 Å². The lowest BCUT2D eigenvalue weighted by molar-refractivity contribution is -0.118. The van der Waals surface area contributed by atoms with E-state index in [0.29, 0.717) is 6.54 Å². The fourth-order valence-electron chi connectivity index (χ4n) is 1.44. The van der Waals surface area contributed by atoms with Crippen LogP contribution in [0.2, 0.25) is 0 Å². The normalized spacial score (nSPS) is 15.3. The zero-order valence-corrected chi connectivity index (χ0v) is 9.64. The number of ether oxygens (including phenoxy) is 1. The number of amides is 1. The number of alkyl halides is 1. The van der Waals surface area contributed by atoms with Crippen molar-refractivity contribution in [2.45, 2.75) is 19.3 Å². The van der Waals surface area contributed by atoms with Gasteiger partial charge in [-0.1, -0.05) is 11.6 Å². The molecular formula is C11H16ClNO2. The van der Waals surface area contributed by atoms with Gasteiger partial charge in [-0.2, -0.15) is 0 Å².